The van der Waals surface area contributed by atoms with E-state index in [1.165, 1.54) is 19.0 Å². The summed E-state index contributed by atoms with van der Waals surface area (Å²) >= 11 is 0. The Bertz CT molecular complexity index is 1320. The van der Waals surface area contributed by atoms with E-state index < -0.39 is 92.2 Å². The van der Waals surface area contributed by atoms with Crippen LogP contribution in [0.4, 0.5) is 17.5 Å². The molecule has 1 aromatic carbocycles. The number of allylic oxidation sites excluding steroid dienone is 1. The third kappa shape index (κ3) is 3.98. The number of fused-ring (bicyclic) bond motifs is 3. The molecule has 0 aliphatic heterocycles. The van der Waals surface area contributed by atoms with Gasteiger partial charge >= 0.3 is 14.3 Å². The first-order valence-electron chi connectivity index (χ1n) is 11.0. The largest absolute Gasteiger partial charge is 0.508 e. The van der Waals surface area contributed by atoms with Crippen molar-refractivity contribution < 1.29 is 52.3 Å². The Labute approximate surface area is 215 Å². The maximum atomic E-state index is 13.7. The minimum atomic E-state index is -4.82. The highest BCUT2D eigenvalue weighted by atomic mass is 19.4. The van der Waals surface area contributed by atoms with Crippen LogP contribution in [-0.4, -0.2) is 82.8 Å². The van der Waals surface area contributed by atoms with Crippen molar-refractivity contribution in [2.45, 2.75) is 30.7 Å². The number of phenolic OH excluding ortho intramolecular Hbond substituents is 1. The molecule has 4 atom stereocenters. The zero-order valence-electron chi connectivity index (χ0n) is 20.1. The number of nitrogens with zero attached hydrogens (tertiary/aromatic N) is 1. The predicted molar refractivity (Wildman–Crippen MR) is 126 cm³/mol. The normalized spacial score (nSPS) is 26.8. The van der Waals surface area contributed by atoms with Crippen molar-refractivity contribution in [3.05, 3.63) is 52.3 Å². The number of likely N-dealkylation sites (N-methyl/N-ethyl adjacent to an activating group) is 1. The number of aliphatic hydroxyl groups excluding tert-OH is 2. The quantitative estimate of drug-likeness (QED) is 0.220. The number of primary amides is 1. The second-order valence-electron chi connectivity index (χ2n) is 9.42. The summed E-state index contributed by atoms with van der Waals surface area (Å²) in [5, 5.41) is 43.6. The maximum absolute atomic E-state index is 13.7. The Morgan fingerprint density at radius 3 is 2.26 bits per heavy atom. The molecule has 1 fully saturated rings. The molecule has 1 amide bonds. The number of carbonyl (C=O) groups is 3. The van der Waals surface area contributed by atoms with Gasteiger partial charge < -0.3 is 30.5 Å². The van der Waals surface area contributed by atoms with Gasteiger partial charge in [-0.05, 0) is 50.0 Å². The number of halogens is 4. The van der Waals surface area contributed by atoms with Crippen molar-refractivity contribution >= 4 is 36.9 Å². The zero-order valence-corrected chi connectivity index (χ0v) is 20.1. The number of benzene rings is 1. The lowest BCUT2D eigenvalue weighted by molar-refractivity contribution is -0.153. The van der Waals surface area contributed by atoms with Gasteiger partial charge in [0, 0.05) is 11.5 Å². The zero-order chi connectivity index (χ0) is 29.1. The highest BCUT2D eigenvalue weighted by Gasteiger charge is 2.64. The second-order valence-corrected chi connectivity index (χ2v) is 9.42. The minimum Gasteiger partial charge on any atom is -0.508 e. The van der Waals surface area contributed by atoms with Crippen molar-refractivity contribution in [2.75, 3.05) is 14.1 Å². The average Bonchev–Trinajstić information content (AvgIpc) is 2.81. The molecule has 0 bridgehead atoms. The number of ketones is 2. The van der Waals surface area contributed by atoms with E-state index in [-0.39, 0.29) is 18.4 Å². The topological polar surface area (TPSA) is 161 Å². The summed E-state index contributed by atoms with van der Waals surface area (Å²) in [5.41, 5.74) is -1.15. The average molecular weight is 538 g/mol. The van der Waals surface area contributed by atoms with E-state index in [1.54, 1.807) is 0 Å². The van der Waals surface area contributed by atoms with Crippen molar-refractivity contribution in [2.24, 2.45) is 17.6 Å². The fourth-order valence-electron chi connectivity index (χ4n) is 5.68. The molecular formula is C24H23BF4N2O7. The SMILES string of the molecule is C=C(c1ccc(O)c2c1C[C@H]1C[C@H]3[C@H](N(C)C)C(=O)C(C(N)=O)=C(O)[C@@]3(O)C(=O)C1=C2O)C(F)(F)F.[B]F. The highest BCUT2D eigenvalue weighted by Crippen LogP contribution is 2.53. The number of carbonyl (C=O) groups excluding carboxylic acids is 3. The first kappa shape index (κ1) is 28.9. The van der Waals surface area contributed by atoms with Crippen LogP contribution < -0.4 is 5.73 Å². The molecule has 0 aromatic heterocycles. The summed E-state index contributed by atoms with van der Waals surface area (Å²) in [6, 6.07) is 0.622. The number of rotatable bonds is 3. The summed E-state index contributed by atoms with van der Waals surface area (Å²) in [6.45, 7) is 3.09. The van der Waals surface area contributed by atoms with Crippen LogP contribution in [0.5, 0.6) is 5.75 Å². The van der Waals surface area contributed by atoms with Gasteiger partial charge in [0.25, 0.3) is 5.91 Å². The van der Waals surface area contributed by atoms with Crippen LogP contribution in [0.1, 0.15) is 23.1 Å². The number of aliphatic hydroxyl groups is 3. The third-order valence-electron chi connectivity index (χ3n) is 7.27. The number of phenols is 1. The molecule has 3 aliphatic rings. The van der Waals surface area contributed by atoms with Crippen LogP contribution in [0.3, 0.4) is 0 Å². The Kier molecular flexibility index (Phi) is 7.29. The summed E-state index contributed by atoms with van der Waals surface area (Å²) in [5.74, 6) is -8.60. The maximum Gasteiger partial charge on any atom is 0.416 e. The van der Waals surface area contributed by atoms with E-state index in [1.807, 2.05) is 0 Å². The monoisotopic (exact) mass is 538 g/mol. The van der Waals surface area contributed by atoms with E-state index in [4.69, 9.17) is 10.0 Å². The van der Waals surface area contributed by atoms with Crippen molar-refractivity contribution in [3.63, 3.8) is 0 Å². The molecular weight excluding hydrogens is 515 g/mol. The summed E-state index contributed by atoms with van der Waals surface area (Å²) in [6.07, 6.45) is -5.33. The van der Waals surface area contributed by atoms with Crippen molar-refractivity contribution in [1.29, 1.82) is 0 Å². The van der Waals surface area contributed by atoms with E-state index in [9.17, 15) is 48.0 Å². The van der Waals surface area contributed by atoms with Gasteiger partial charge in [0.2, 0.25) is 5.78 Å². The van der Waals surface area contributed by atoms with Crippen molar-refractivity contribution in [3.8, 4) is 5.75 Å². The summed E-state index contributed by atoms with van der Waals surface area (Å²) in [7, 11) is 5.88. The number of aromatic hydroxyl groups is 1. The van der Waals surface area contributed by atoms with Crippen LogP contribution >= 0.6 is 0 Å². The van der Waals surface area contributed by atoms with Crippen molar-refractivity contribution in [1.82, 2.24) is 4.90 Å². The lowest BCUT2D eigenvalue weighted by atomic mass is 9.57. The summed E-state index contributed by atoms with van der Waals surface area (Å²) in [4.78, 5) is 40.0. The molecule has 9 nitrogen and oxygen atoms in total. The van der Waals surface area contributed by atoms with E-state index in [2.05, 4.69) is 14.7 Å². The number of nitrogens with two attached hydrogens (primary N) is 1. The van der Waals surface area contributed by atoms with Gasteiger partial charge in [0.15, 0.2) is 11.4 Å². The fourth-order valence-corrected chi connectivity index (χ4v) is 5.68. The van der Waals surface area contributed by atoms with E-state index in [0.29, 0.717) is 0 Å². The molecule has 4 rings (SSSR count). The predicted octanol–water partition coefficient (Wildman–Crippen LogP) is 1.58. The van der Waals surface area contributed by atoms with Gasteiger partial charge in [-0.25, -0.2) is 0 Å². The van der Waals surface area contributed by atoms with Gasteiger partial charge in [-0.2, -0.15) is 13.2 Å². The molecule has 1 aromatic rings. The molecule has 6 N–H and O–H groups in total. The molecule has 38 heavy (non-hydrogen) atoms. The number of hydrogen-bond acceptors (Lipinski definition) is 8. The third-order valence-corrected chi connectivity index (χ3v) is 7.27. The van der Waals surface area contributed by atoms with Gasteiger partial charge in [-0.15, -0.1) is 0 Å². The van der Waals surface area contributed by atoms with Crippen LogP contribution in [0, 0.1) is 11.8 Å². The fraction of sp³-hybridized carbons (Fsp3) is 0.375. The van der Waals surface area contributed by atoms with Gasteiger partial charge in [-0.1, -0.05) is 12.6 Å². The molecule has 3 aliphatic carbocycles. The highest BCUT2D eigenvalue weighted by molar-refractivity contribution is 6.24. The number of hydrogen-bond donors (Lipinski definition) is 5. The summed E-state index contributed by atoms with van der Waals surface area (Å²) < 4.78 is 49.4. The number of Topliss-reactive ketones (excluding diaryl/α,β-unsaturated/α-hetero) is 2. The van der Waals surface area contributed by atoms with Gasteiger partial charge in [0.05, 0.1) is 17.2 Å². The van der Waals surface area contributed by atoms with Crippen LogP contribution in [0.2, 0.25) is 0 Å². The second kappa shape index (κ2) is 9.59. The van der Waals surface area contributed by atoms with Crippen LogP contribution in [-0.2, 0) is 20.8 Å². The number of amides is 1. The number of alkyl halides is 3. The lowest BCUT2D eigenvalue weighted by Crippen LogP contribution is -2.65. The Balaban J connectivity index is 0.00000195. The molecule has 0 spiro atoms. The smallest absolute Gasteiger partial charge is 0.416 e. The minimum absolute atomic E-state index is 0.108. The van der Waals surface area contributed by atoms with E-state index >= 15 is 0 Å². The Morgan fingerprint density at radius 1 is 1.18 bits per heavy atom. The molecule has 0 saturated heterocycles. The molecule has 2 radical (unpaired) electrons. The first-order valence-corrected chi connectivity index (χ1v) is 11.0. The Morgan fingerprint density at radius 2 is 1.76 bits per heavy atom. The standard InChI is InChI=1S/C24H23F3N2O7.BF/c1-8(24(25,26)27)10-4-5-13(30)15-11(10)6-9-7-12-17(29(2)3)19(32)16(22(28)35)21(34)23(12,36)20(33)14(9)18(15)31;1-2/h4-5,9,12,17,30-31,34,36H,1,6-7H2,2-3H3,(H2,28,35);/t9-,12-,17-,23-;/m0./s1. The van der Waals surface area contributed by atoms with E-state index in [0.717, 1.165) is 12.1 Å². The van der Waals surface area contributed by atoms with Crippen LogP contribution in [0.25, 0.3) is 11.3 Å². The molecule has 0 heterocycles. The first-order chi connectivity index (χ1) is 17.5. The van der Waals surface area contributed by atoms with Gasteiger partial charge in [0.1, 0.15) is 22.8 Å². The molecule has 0 unspecified atom stereocenters. The molecule has 14 heteroatoms. The Hall–Kier alpha value is -3.65. The van der Waals surface area contributed by atoms with Crippen LogP contribution in [0.15, 0.2) is 35.6 Å². The molecule has 202 valence electrons. The van der Waals surface area contributed by atoms with Gasteiger partial charge in [-0.3, -0.25) is 19.3 Å². The molecule has 1 saturated carbocycles. The lowest BCUT2D eigenvalue weighted by Gasteiger charge is -2.50.